The molecule has 2 aromatic heterocycles. The molecule has 0 aliphatic carbocycles. The molecular formula is C16H10ClF2N3O4. The fourth-order valence-corrected chi connectivity index (χ4v) is 2.49. The molecule has 7 nitrogen and oxygen atoms in total. The van der Waals surface area contributed by atoms with E-state index in [2.05, 4.69) is 19.6 Å². The van der Waals surface area contributed by atoms with Crippen LogP contribution in [0, 0.1) is 0 Å². The molecule has 0 spiro atoms. The fraction of sp³-hybridized carbons (Fsp3) is 0.0625. The Balaban J connectivity index is 2.13. The summed E-state index contributed by atoms with van der Waals surface area (Å²) in [6, 6.07) is 8.72. The number of hydrogen-bond acceptors (Lipinski definition) is 5. The first-order chi connectivity index (χ1) is 12.4. The molecule has 3 rings (SSSR count). The third-order valence-corrected chi connectivity index (χ3v) is 3.38. The number of aromatic nitrogens is 3. The maximum absolute atomic E-state index is 12.5. The van der Waals surface area contributed by atoms with Crippen molar-refractivity contribution >= 4 is 17.8 Å². The summed E-state index contributed by atoms with van der Waals surface area (Å²) >= 11 is 5.98. The van der Waals surface area contributed by atoms with Crippen molar-refractivity contribution in [1.82, 2.24) is 14.8 Å². The summed E-state index contributed by atoms with van der Waals surface area (Å²) in [7, 11) is 0. The molecule has 10 heteroatoms. The molecule has 0 saturated heterocycles. The van der Waals surface area contributed by atoms with Crippen molar-refractivity contribution in [2.24, 2.45) is 0 Å². The van der Waals surface area contributed by atoms with Crippen molar-refractivity contribution < 1.29 is 28.2 Å². The molecule has 0 radical (unpaired) electrons. The Bertz CT molecular complexity index is 934. The van der Waals surface area contributed by atoms with E-state index in [1.165, 1.54) is 35.1 Å². The summed E-state index contributed by atoms with van der Waals surface area (Å²) < 4.78 is 35.3. The number of nitrogens with zero attached hydrogens (tertiary/aromatic N) is 3. The van der Waals surface area contributed by atoms with Crippen LogP contribution in [-0.2, 0) is 0 Å². The zero-order chi connectivity index (χ0) is 18.7. The number of halogens is 3. The monoisotopic (exact) mass is 381 g/mol. The van der Waals surface area contributed by atoms with Crippen molar-refractivity contribution in [3.8, 4) is 28.6 Å². The number of benzene rings is 1. The van der Waals surface area contributed by atoms with Crippen molar-refractivity contribution in [2.45, 2.75) is 6.61 Å². The third-order valence-electron chi connectivity index (χ3n) is 3.16. The van der Waals surface area contributed by atoms with Gasteiger partial charge >= 0.3 is 12.8 Å². The van der Waals surface area contributed by atoms with E-state index in [0.717, 1.165) is 0 Å². The summed E-state index contributed by atoms with van der Waals surface area (Å²) in [6.07, 6.45) is 1.50. The number of carboxylic acid groups (broad SMARTS) is 1. The normalized spacial score (nSPS) is 10.8. The number of ether oxygens (including phenoxy) is 2. The number of carbonyl (C=O) groups is 1. The number of hydrogen-bond donors (Lipinski definition) is 1. The maximum Gasteiger partial charge on any atom is 0.512 e. The van der Waals surface area contributed by atoms with Crippen molar-refractivity contribution in [2.75, 3.05) is 0 Å². The minimum Gasteiger partial charge on any atom is -0.449 e. The van der Waals surface area contributed by atoms with Crippen LogP contribution in [0.5, 0.6) is 11.6 Å². The number of alkyl halides is 2. The topological polar surface area (TPSA) is 86.5 Å². The van der Waals surface area contributed by atoms with Crippen LogP contribution in [0.25, 0.3) is 16.9 Å². The Morgan fingerprint density at radius 1 is 1.27 bits per heavy atom. The van der Waals surface area contributed by atoms with Gasteiger partial charge in [0.15, 0.2) is 0 Å². The molecule has 0 saturated carbocycles. The van der Waals surface area contributed by atoms with Gasteiger partial charge in [-0.05, 0) is 30.3 Å². The fourth-order valence-electron chi connectivity index (χ4n) is 2.26. The van der Waals surface area contributed by atoms with Crippen LogP contribution < -0.4 is 9.47 Å². The molecule has 3 aromatic rings. The van der Waals surface area contributed by atoms with Gasteiger partial charge in [-0.1, -0.05) is 11.6 Å². The highest BCUT2D eigenvalue weighted by molar-refractivity contribution is 6.31. The van der Waals surface area contributed by atoms with Crippen LogP contribution in [0.2, 0.25) is 5.02 Å². The molecule has 0 bridgehead atoms. The van der Waals surface area contributed by atoms with Gasteiger partial charge in [-0.25, -0.2) is 9.48 Å². The zero-order valence-corrected chi connectivity index (χ0v) is 13.6. The summed E-state index contributed by atoms with van der Waals surface area (Å²) in [5, 5.41) is 13.0. The lowest BCUT2D eigenvalue weighted by Gasteiger charge is -2.10. The van der Waals surface area contributed by atoms with Crippen molar-refractivity contribution in [3.63, 3.8) is 0 Å². The molecule has 1 aromatic carbocycles. The lowest BCUT2D eigenvalue weighted by molar-refractivity contribution is -0.0498. The van der Waals surface area contributed by atoms with Crippen LogP contribution in [0.3, 0.4) is 0 Å². The number of pyridine rings is 1. The van der Waals surface area contributed by atoms with E-state index in [9.17, 15) is 13.6 Å². The summed E-state index contributed by atoms with van der Waals surface area (Å²) in [5.74, 6) is -0.352. The molecule has 1 N–H and O–H groups in total. The van der Waals surface area contributed by atoms with Crippen molar-refractivity contribution in [3.05, 3.63) is 53.8 Å². The molecule has 0 aliphatic rings. The van der Waals surface area contributed by atoms with E-state index < -0.39 is 12.8 Å². The predicted octanol–water partition coefficient (Wildman–Crippen LogP) is 4.25. The quantitative estimate of drug-likeness (QED) is 0.665. The SMILES string of the molecule is O=C(O)Oc1cc(-c2cc(Cl)cc(OC(F)F)c2)n(-c2cccnc2)n1. The second-order valence-electron chi connectivity index (χ2n) is 4.91. The minimum atomic E-state index is -3.02. The average Bonchev–Trinajstić information content (AvgIpc) is 2.97. The van der Waals surface area contributed by atoms with E-state index in [1.54, 1.807) is 18.3 Å². The van der Waals surface area contributed by atoms with Crippen LogP contribution in [0.1, 0.15) is 0 Å². The summed E-state index contributed by atoms with van der Waals surface area (Å²) in [5.41, 5.74) is 1.21. The Morgan fingerprint density at radius 2 is 2.08 bits per heavy atom. The lowest BCUT2D eigenvalue weighted by Crippen LogP contribution is -2.05. The molecule has 2 heterocycles. The highest BCUT2D eigenvalue weighted by atomic mass is 35.5. The van der Waals surface area contributed by atoms with Gasteiger partial charge in [-0.15, -0.1) is 5.10 Å². The van der Waals surface area contributed by atoms with Gasteiger partial charge in [0.25, 0.3) is 0 Å². The second-order valence-corrected chi connectivity index (χ2v) is 5.35. The molecule has 26 heavy (non-hydrogen) atoms. The van der Waals surface area contributed by atoms with Gasteiger partial charge in [-0.2, -0.15) is 8.78 Å². The predicted molar refractivity (Wildman–Crippen MR) is 87.1 cm³/mol. The number of rotatable bonds is 5. The highest BCUT2D eigenvalue weighted by Crippen LogP contribution is 2.32. The lowest BCUT2D eigenvalue weighted by atomic mass is 10.1. The molecule has 0 unspecified atom stereocenters. The van der Waals surface area contributed by atoms with Gasteiger partial charge in [0.05, 0.1) is 17.6 Å². The van der Waals surface area contributed by atoms with Gasteiger partial charge < -0.3 is 14.6 Å². The first kappa shape index (κ1) is 17.6. The molecule has 0 fully saturated rings. The smallest absolute Gasteiger partial charge is 0.449 e. The second kappa shape index (κ2) is 7.36. The molecule has 0 amide bonds. The minimum absolute atomic E-state index is 0.151. The first-order valence-electron chi connectivity index (χ1n) is 7.09. The van der Waals surface area contributed by atoms with Gasteiger partial charge in [-0.3, -0.25) is 4.98 Å². The Labute approximate surface area is 150 Å². The summed E-state index contributed by atoms with van der Waals surface area (Å²) in [6.45, 7) is -3.02. The van der Waals surface area contributed by atoms with Crippen LogP contribution in [0.15, 0.2) is 48.8 Å². The maximum atomic E-state index is 12.5. The van der Waals surface area contributed by atoms with Crippen LogP contribution in [-0.4, -0.2) is 32.6 Å². The van der Waals surface area contributed by atoms with Crippen LogP contribution in [0.4, 0.5) is 13.6 Å². The van der Waals surface area contributed by atoms with E-state index in [0.29, 0.717) is 16.9 Å². The molecule has 134 valence electrons. The van der Waals surface area contributed by atoms with Gasteiger partial charge in [0.1, 0.15) is 5.75 Å². The van der Waals surface area contributed by atoms with Crippen molar-refractivity contribution in [1.29, 1.82) is 0 Å². The largest absolute Gasteiger partial charge is 0.512 e. The van der Waals surface area contributed by atoms with E-state index in [4.69, 9.17) is 16.7 Å². The first-order valence-corrected chi connectivity index (χ1v) is 7.47. The van der Waals surface area contributed by atoms with E-state index >= 15 is 0 Å². The average molecular weight is 382 g/mol. The Hall–Kier alpha value is -3.20. The summed E-state index contributed by atoms with van der Waals surface area (Å²) in [4.78, 5) is 14.8. The molecule has 0 aliphatic heterocycles. The zero-order valence-electron chi connectivity index (χ0n) is 12.8. The Morgan fingerprint density at radius 3 is 2.73 bits per heavy atom. The van der Waals surface area contributed by atoms with Gasteiger partial charge in [0, 0.05) is 22.8 Å². The van der Waals surface area contributed by atoms with Crippen LogP contribution >= 0.6 is 11.6 Å². The van der Waals surface area contributed by atoms with E-state index in [-0.39, 0.29) is 16.7 Å². The molecular weight excluding hydrogens is 372 g/mol. The van der Waals surface area contributed by atoms with Gasteiger partial charge in [0.2, 0.25) is 5.88 Å². The highest BCUT2D eigenvalue weighted by Gasteiger charge is 2.17. The Kier molecular flexibility index (Phi) is 4.99. The molecule has 0 atom stereocenters. The third kappa shape index (κ3) is 4.06. The standard InChI is InChI=1S/C16H10ClF2N3O4/c17-10-4-9(5-12(6-10)25-15(18)19)13-7-14(26-16(23)24)21-22(13)11-2-1-3-20-8-11/h1-8,15H,(H,23,24). The van der Waals surface area contributed by atoms with E-state index in [1.807, 2.05) is 0 Å².